The lowest BCUT2D eigenvalue weighted by Gasteiger charge is -2.19. The van der Waals surface area contributed by atoms with Gasteiger partial charge in [0.25, 0.3) is 5.91 Å². The first-order valence-electron chi connectivity index (χ1n) is 6.76. The first-order valence-corrected chi connectivity index (χ1v) is 6.76. The van der Waals surface area contributed by atoms with Gasteiger partial charge in [0.15, 0.2) is 6.61 Å². The molecule has 1 aromatic carbocycles. The van der Waals surface area contributed by atoms with Crippen LogP contribution < -0.4 is 9.47 Å². The predicted molar refractivity (Wildman–Crippen MR) is 77.5 cm³/mol. The van der Waals surface area contributed by atoms with E-state index in [0.29, 0.717) is 12.4 Å². The maximum Gasteiger partial charge on any atom is 0.308 e. The molecular formula is C15H21NO5. The minimum Gasteiger partial charge on any atom is -0.494 e. The number of carboxylic acid groups (broad SMARTS) is 1. The van der Waals surface area contributed by atoms with E-state index < -0.39 is 11.9 Å². The van der Waals surface area contributed by atoms with Gasteiger partial charge in [0.2, 0.25) is 0 Å². The molecule has 0 aromatic heterocycles. The molecule has 6 nitrogen and oxygen atoms in total. The Morgan fingerprint density at radius 2 is 1.71 bits per heavy atom. The predicted octanol–water partition coefficient (Wildman–Crippen LogP) is 1.64. The molecule has 1 amide bonds. The third-order valence-electron chi connectivity index (χ3n) is 2.89. The van der Waals surface area contributed by atoms with Crippen LogP contribution in [0.15, 0.2) is 24.3 Å². The Morgan fingerprint density at radius 3 is 2.19 bits per heavy atom. The summed E-state index contributed by atoms with van der Waals surface area (Å²) in [6.07, 6.45) is 0. The second kappa shape index (κ2) is 8.14. The second-order valence-electron chi connectivity index (χ2n) is 4.71. The minimum absolute atomic E-state index is 0.128. The largest absolute Gasteiger partial charge is 0.494 e. The zero-order valence-corrected chi connectivity index (χ0v) is 12.5. The molecule has 0 aliphatic rings. The second-order valence-corrected chi connectivity index (χ2v) is 4.71. The third-order valence-corrected chi connectivity index (χ3v) is 2.89. The number of aliphatic carboxylic acids is 1. The van der Waals surface area contributed by atoms with Gasteiger partial charge in [-0.3, -0.25) is 9.59 Å². The molecule has 0 aliphatic carbocycles. The fourth-order valence-corrected chi connectivity index (χ4v) is 1.64. The van der Waals surface area contributed by atoms with Gasteiger partial charge in [0, 0.05) is 13.6 Å². The molecule has 1 rings (SSSR count). The van der Waals surface area contributed by atoms with E-state index in [4.69, 9.17) is 14.6 Å². The van der Waals surface area contributed by atoms with Crippen molar-refractivity contribution in [2.24, 2.45) is 5.92 Å². The lowest BCUT2D eigenvalue weighted by molar-refractivity contribution is -0.143. The summed E-state index contributed by atoms with van der Waals surface area (Å²) in [6.45, 7) is 4.07. The van der Waals surface area contributed by atoms with E-state index in [1.807, 2.05) is 6.92 Å². The summed E-state index contributed by atoms with van der Waals surface area (Å²) < 4.78 is 10.7. The van der Waals surface area contributed by atoms with Crippen molar-refractivity contribution in [1.29, 1.82) is 0 Å². The fraction of sp³-hybridized carbons (Fsp3) is 0.467. The van der Waals surface area contributed by atoms with Crippen LogP contribution >= 0.6 is 0 Å². The molecule has 0 saturated heterocycles. The van der Waals surface area contributed by atoms with Crippen LogP contribution in [0.1, 0.15) is 13.8 Å². The van der Waals surface area contributed by atoms with E-state index in [0.717, 1.165) is 5.75 Å². The number of hydrogen-bond donors (Lipinski definition) is 1. The Bertz CT molecular complexity index is 471. The van der Waals surface area contributed by atoms with Crippen molar-refractivity contribution in [2.75, 3.05) is 26.8 Å². The average molecular weight is 295 g/mol. The summed E-state index contributed by atoms with van der Waals surface area (Å²) in [5, 5.41) is 8.81. The normalized spacial score (nSPS) is 11.6. The number of likely N-dealkylation sites (N-methyl/N-ethyl adjacent to an activating group) is 1. The number of benzene rings is 1. The monoisotopic (exact) mass is 295 g/mol. The van der Waals surface area contributed by atoms with Crippen molar-refractivity contribution in [2.45, 2.75) is 13.8 Å². The molecule has 1 N–H and O–H groups in total. The molecule has 1 atom stereocenters. The van der Waals surface area contributed by atoms with E-state index in [2.05, 4.69) is 0 Å². The van der Waals surface area contributed by atoms with Crippen LogP contribution in [0.3, 0.4) is 0 Å². The fourth-order valence-electron chi connectivity index (χ4n) is 1.64. The van der Waals surface area contributed by atoms with Crippen LogP contribution in [0.4, 0.5) is 0 Å². The zero-order chi connectivity index (χ0) is 15.8. The van der Waals surface area contributed by atoms with Crippen molar-refractivity contribution >= 4 is 11.9 Å². The molecule has 1 aromatic rings. The topological polar surface area (TPSA) is 76.1 Å². The summed E-state index contributed by atoms with van der Waals surface area (Å²) in [5.41, 5.74) is 0. The standard InChI is InChI=1S/C15H21NO5/c1-4-20-12-5-7-13(8-6-12)21-10-14(17)16(3)9-11(2)15(18)19/h5-8,11H,4,9-10H2,1-3H3,(H,18,19). The Labute approximate surface area is 124 Å². The molecule has 0 saturated carbocycles. The number of rotatable bonds is 8. The van der Waals surface area contributed by atoms with Gasteiger partial charge in [-0.1, -0.05) is 6.92 Å². The molecule has 1 unspecified atom stereocenters. The highest BCUT2D eigenvalue weighted by Crippen LogP contribution is 2.17. The van der Waals surface area contributed by atoms with Gasteiger partial charge < -0.3 is 19.5 Å². The maximum atomic E-state index is 11.8. The van der Waals surface area contributed by atoms with Crippen LogP contribution in [-0.2, 0) is 9.59 Å². The molecule has 6 heteroatoms. The number of ether oxygens (including phenoxy) is 2. The van der Waals surface area contributed by atoms with Gasteiger partial charge in [-0.25, -0.2) is 0 Å². The van der Waals surface area contributed by atoms with Crippen molar-refractivity contribution in [3.63, 3.8) is 0 Å². The van der Waals surface area contributed by atoms with Crippen LogP contribution in [0.2, 0.25) is 0 Å². The third kappa shape index (κ3) is 5.72. The van der Waals surface area contributed by atoms with E-state index in [1.54, 1.807) is 38.2 Å². The summed E-state index contributed by atoms with van der Waals surface area (Å²) in [6, 6.07) is 6.97. The first-order chi connectivity index (χ1) is 9.93. The van der Waals surface area contributed by atoms with Gasteiger partial charge in [-0.05, 0) is 31.2 Å². The summed E-state index contributed by atoms with van der Waals surface area (Å²) in [4.78, 5) is 23.9. The van der Waals surface area contributed by atoms with E-state index in [1.165, 1.54) is 4.90 Å². The quantitative estimate of drug-likeness (QED) is 0.789. The lowest BCUT2D eigenvalue weighted by atomic mass is 10.2. The molecule has 0 radical (unpaired) electrons. The van der Waals surface area contributed by atoms with Crippen LogP contribution in [0, 0.1) is 5.92 Å². The Kier molecular flexibility index (Phi) is 6.52. The molecule has 21 heavy (non-hydrogen) atoms. The van der Waals surface area contributed by atoms with Crippen molar-refractivity contribution in [3.05, 3.63) is 24.3 Å². The molecule has 0 heterocycles. The number of hydrogen-bond acceptors (Lipinski definition) is 4. The van der Waals surface area contributed by atoms with Crippen molar-refractivity contribution in [1.82, 2.24) is 4.90 Å². The summed E-state index contributed by atoms with van der Waals surface area (Å²) in [7, 11) is 1.56. The molecule has 0 aliphatic heterocycles. The SMILES string of the molecule is CCOc1ccc(OCC(=O)N(C)CC(C)C(=O)O)cc1. The average Bonchev–Trinajstić information content (AvgIpc) is 2.46. The molecule has 0 spiro atoms. The van der Waals surface area contributed by atoms with Crippen LogP contribution in [-0.4, -0.2) is 48.7 Å². The van der Waals surface area contributed by atoms with E-state index in [-0.39, 0.29) is 19.1 Å². The van der Waals surface area contributed by atoms with Gasteiger partial charge in [-0.2, -0.15) is 0 Å². The van der Waals surface area contributed by atoms with Crippen molar-refractivity contribution in [3.8, 4) is 11.5 Å². The minimum atomic E-state index is -0.929. The number of carbonyl (C=O) groups excluding carboxylic acids is 1. The van der Waals surface area contributed by atoms with Gasteiger partial charge in [-0.15, -0.1) is 0 Å². The molecule has 116 valence electrons. The highest BCUT2D eigenvalue weighted by Gasteiger charge is 2.17. The molecule has 0 bridgehead atoms. The van der Waals surface area contributed by atoms with Crippen molar-refractivity contribution < 1.29 is 24.2 Å². The Hall–Kier alpha value is -2.24. The number of amides is 1. The number of carboxylic acids is 1. The smallest absolute Gasteiger partial charge is 0.308 e. The number of carbonyl (C=O) groups is 2. The Balaban J connectivity index is 2.43. The van der Waals surface area contributed by atoms with E-state index >= 15 is 0 Å². The van der Waals surface area contributed by atoms with Gasteiger partial charge in [0.1, 0.15) is 11.5 Å². The number of nitrogens with zero attached hydrogens (tertiary/aromatic N) is 1. The molecular weight excluding hydrogens is 274 g/mol. The summed E-state index contributed by atoms with van der Waals surface area (Å²) in [5.74, 6) is -0.501. The van der Waals surface area contributed by atoms with Crippen LogP contribution in [0.25, 0.3) is 0 Å². The Morgan fingerprint density at radius 1 is 1.19 bits per heavy atom. The highest BCUT2D eigenvalue weighted by molar-refractivity contribution is 5.78. The van der Waals surface area contributed by atoms with Gasteiger partial charge >= 0.3 is 5.97 Å². The lowest BCUT2D eigenvalue weighted by Crippen LogP contribution is -2.36. The van der Waals surface area contributed by atoms with Gasteiger partial charge in [0.05, 0.1) is 12.5 Å². The summed E-state index contributed by atoms with van der Waals surface area (Å²) >= 11 is 0. The zero-order valence-electron chi connectivity index (χ0n) is 12.5. The van der Waals surface area contributed by atoms with Crippen LogP contribution in [0.5, 0.6) is 11.5 Å². The van der Waals surface area contributed by atoms with E-state index in [9.17, 15) is 9.59 Å². The molecule has 0 fully saturated rings. The maximum absolute atomic E-state index is 11.8. The first kappa shape index (κ1) is 16.8. The highest BCUT2D eigenvalue weighted by atomic mass is 16.5.